The molecular weight excluding hydrogens is 318 g/mol. The second-order valence-corrected chi connectivity index (χ2v) is 5.83. The largest absolute Gasteiger partial charge is 0.421 e. The van der Waals surface area contributed by atoms with Crippen molar-refractivity contribution in [3.8, 4) is 11.5 Å². The molecule has 0 aliphatic carbocycles. The van der Waals surface area contributed by atoms with E-state index in [9.17, 15) is 4.79 Å². The van der Waals surface area contributed by atoms with Gasteiger partial charge in [-0.1, -0.05) is 23.7 Å². The number of hydrogen-bond donors (Lipinski definition) is 1. The Morgan fingerprint density at radius 3 is 3.00 bits per heavy atom. The maximum absolute atomic E-state index is 11.8. The smallest absolute Gasteiger partial charge is 0.249 e. The summed E-state index contributed by atoms with van der Waals surface area (Å²) in [4.78, 5) is 11.8. The molecule has 1 N–H and O–H groups in total. The lowest BCUT2D eigenvalue weighted by Gasteiger charge is -2.10. The Morgan fingerprint density at radius 2 is 2.22 bits per heavy atom. The minimum atomic E-state index is -0.0435. The highest BCUT2D eigenvalue weighted by Crippen LogP contribution is 2.26. The van der Waals surface area contributed by atoms with Crippen molar-refractivity contribution >= 4 is 17.5 Å². The highest BCUT2D eigenvalue weighted by atomic mass is 35.5. The van der Waals surface area contributed by atoms with Gasteiger partial charge in [0, 0.05) is 26.0 Å². The van der Waals surface area contributed by atoms with Crippen LogP contribution < -0.4 is 5.32 Å². The van der Waals surface area contributed by atoms with Crippen LogP contribution in [0.25, 0.3) is 11.5 Å². The van der Waals surface area contributed by atoms with Crippen LogP contribution in [-0.2, 0) is 16.0 Å². The van der Waals surface area contributed by atoms with Gasteiger partial charge < -0.3 is 14.5 Å². The fraction of sp³-hybridized carbons (Fsp3) is 0.438. The third kappa shape index (κ3) is 4.30. The fourth-order valence-electron chi connectivity index (χ4n) is 2.44. The molecule has 1 amide bonds. The summed E-state index contributed by atoms with van der Waals surface area (Å²) in [5.41, 5.74) is 0.691. The Morgan fingerprint density at radius 1 is 1.35 bits per heavy atom. The van der Waals surface area contributed by atoms with Crippen molar-refractivity contribution in [2.45, 2.75) is 31.8 Å². The van der Waals surface area contributed by atoms with Crippen LogP contribution in [0, 0.1) is 0 Å². The minimum absolute atomic E-state index is 0.0435. The molecule has 1 aromatic heterocycles. The summed E-state index contributed by atoms with van der Waals surface area (Å²) in [6.45, 7) is 1.35. The number of benzene rings is 1. The Bertz CT molecular complexity index is 668. The number of rotatable bonds is 6. The first-order chi connectivity index (χ1) is 11.2. The summed E-state index contributed by atoms with van der Waals surface area (Å²) < 4.78 is 11.0. The number of ether oxygens (including phenoxy) is 1. The zero-order chi connectivity index (χ0) is 16.1. The molecule has 1 fully saturated rings. The van der Waals surface area contributed by atoms with Gasteiger partial charge in [0.25, 0.3) is 0 Å². The normalized spacial score (nSPS) is 17.3. The lowest BCUT2D eigenvalue weighted by Crippen LogP contribution is -2.31. The van der Waals surface area contributed by atoms with Gasteiger partial charge in [-0.05, 0) is 25.0 Å². The molecule has 1 saturated heterocycles. The van der Waals surface area contributed by atoms with E-state index >= 15 is 0 Å². The molecule has 122 valence electrons. The summed E-state index contributed by atoms with van der Waals surface area (Å²) in [7, 11) is 0. The van der Waals surface area contributed by atoms with Crippen LogP contribution in [0.5, 0.6) is 0 Å². The third-order valence-corrected chi connectivity index (χ3v) is 4.02. The number of nitrogens with zero attached hydrogens (tertiary/aromatic N) is 2. The summed E-state index contributed by atoms with van der Waals surface area (Å²) >= 11 is 6.10. The lowest BCUT2D eigenvalue weighted by atomic mass is 10.2. The van der Waals surface area contributed by atoms with E-state index in [4.69, 9.17) is 20.8 Å². The summed E-state index contributed by atoms with van der Waals surface area (Å²) in [6.07, 6.45) is 2.92. The van der Waals surface area contributed by atoms with Crippen LogP contribution in [0.3, 0.4) is 0 Å². The van der Waals surface area contributed by atoms with E-state index in [1.807, 2.05) is 18.2 Å². The molecule has 0 spiro atoms. The first-order valence-corrected chi connectivity index (χ1v) is 8.06. The Kier molecular flexibility index (Phi) is 5.25. The standard InChI is InChI=1S/C16H18ClN3O3/c17-13-6-2-1-5-12(13)16-20-19-15(23-16)8-7-14(21)18-10-11-4-3-9-22-11/h1-2,5-6,11H,3-4,7-10H2,(H,18,21). The molecule has 3 rings (SSSR count). The number of aryl methyl sites for hydroxylation is 1. The van der Waals surface area contributed by atoms with Gasteiger partial charge in [-0.2, -0.15) is 0 Å². The second kappa shape index (κ2) is 7.57. The van der Waals surface area contributed by atoms with Crippen LogP contribution in [0.15, 0.2) is 28.7 Å². The summed E-state index contributed by atoms with van der Waals surface area (Å²) in [6, 6.07) is 7.26. The first-order valence-electron chi connectivity index (χ1n) is 7.68. The van der Waals surface area contributed by atoms with E-state index in [0.29, 0.717) is 41.8 Å². The molecule has 0 radical (unpaired) electrons. The van der Waals surface area contributed by atoms with E-state index in [0.717, 1.165) is 19.4 Å². The van der Waals surface area contributed by atoms with Gasteiger partial charge in [0.1, 0.15) is 0 Å². The number of hydrogen-bond acceptors (Lipinski definition) is 5. The predicted octanol–water partition coefficient (Wildman–Crippen LogP) is 2.62. The topological polar surface area (TPSA) is 77.2 Å². The maximum Gasteiger partial charge on any atom is 0.249 e. The average molecular weight is 336 g/mol. The van der Waals surface area contributed by atoms with Gasteiger partial charge in [-0.15, -0.1) is 10.2 Å². The van der Waals surface area contributed by atoms with Crippen molar-refractivity contribution in [3.63, 3.8) is 0 Å². The SMILES string of the molecule is O=C(CCc1nnc(-c2ccccc2Cl)o1)NCC1CCCO1. The monoisotopic (exact) mass is 335 g/mol. The maximum atomic E-state index is 11.8. The number of halogens is 1. The Hall–Kier alpha value is -1.92. The van der Waals surface area contributed by atoms with E-state index in [1.165, 1.54) is 0 Å². The molecular formula is C16H18ClN3O3. The van der Waals surface area contributed by atoms with Gasteiger partial charge in [0.05, 0.1) is 16.7 Å². The molecule has 7 heteroatoms. The highest BCUT2D eigenvalue weighted by molar-refractivity contribution is 6.33. The van der Waals surface area contributed by atoms with E-state index in [2.05, 4.69) is 15.5 Å². The molecule has 1 aliphatic heterocycles. The van der Waals surface area contributed by atoms with Gasteiger partial charge in [-0.25, -0.2) is 0 Å². The molecule has 1 unspecified atom stereocenters. The van der Waals surface area contributed by atoms with Gasteiger partial charge in [0.2, 0.25) is 17.7 Å². The lowest BCUT2D eigenvalue weighted by molar-refractivity contribution is -0.121. The molecule has 6 nitrogen and oxygen atoms in total. The number of carbonyl (C=O) groups excluding carboxylic acids is 1. The molecule has 1 aliphatic rings. The average Bonchev–Trinajstić information content (AvgIpc) is 3.23. The molecule has 23 heavy (non-hydrogen) atoms. The fourth-order valence-corrected chi connectivity index (χ4v) is 2.66. The summed E-state index contributed by atoms with van der Waals surface area (Å²) in [5, 5.41) is 11.4. The Balaban J connectivity index is 1.49. The van der Waals surface area contributed by atoms with E-state index < -0.39 is 0 Å². The van der Waals surface area contributed by atoms with Crippen LogP contribution in [0.1, 0.15) is 25.2 Å². The molecule has 1 atom stereocenters. The second-order valence-electron chi connectivity index (χ2n) is 5.42. The third-order valence-electron chi connectivity index (χ3n) is 3.69. The Labute approximate surface area is 139 Å². The van der Waals surface area contributed by atoms with Crippen molar-refractivity contribution in [2.75, 3.05) is 13.2 Å². The molecule has 2 heterocycles. The summed E-state index contributed by atoms with van der Waals surface area (Å²) in [5.74, 6) is 0.746. The number of aromatic nitrogens is 2. The molecule has 1 aromatic carbocycles. The van der Waals surface area contributed by atoms with Crippen molar-refractivity contribution in [2.24, 2.45) is 0 Å². The van der Waals surface area contributed by atoms with Gasteiger partial charge in [-0.3, -0.25) is 4.79 Å². The van der Waals surface area contributed by atoms with Crippen molar-refractivity contribution < 1.29 is 13.9 Å². The van der Waals surface area contributed by atoms with Crippen LogP contribution in [-0.4, -0.2) is 35.4 Å². The van der Waals surface area contributed by atoms with Crippen molar-refractivity contribution in [1.29, 1.82) is 0 Å². The number of carbonyl (C=O) groups is 1. The van der Waals surface area contributed by atoms with Crippen LogP contribution in [0.4, 0.5) is 0 Å². The zero-order valence-corrected chi connectivity index (χ0v) is 13.4. The molecule has 0 saturated carbocycles. The number of nitrogens with one attached hydrogen (secondary N) is 1. The highest BCUT2D eigenvalue weighted by Gasteiger charge is 2.17. The molecule has 2 aromatic rings. The van der Waals surface area contributed by atoms with Crippen molar-refractivity contribution in [3.05, 3.63) is 35.2 Å². The minimum Gasteiger partial charge on any atom is -0.421 e. The van der Waals surface area contributed by atoms with Gasteiger partial charge in [0.15, 0.2) is 0 Å². The van der Waals surface area contributed by atoms with E-state index in [-0.39, 0.29) is 12.0 Å². The quantitative estimate of drug-likeness (QED) is 0.878. The van der Waals surface area contributed by atoms with Crippen molar-refractivity contribution in [1.82, 2.24) is 15.5 Å². The molecule has 0 bridgehead atoms. The van der Waals surface area contributed by atoms with Crippen LogP contribution in [0.2, 0.25) is 5.02 Å². The first kappa shape index (κ1) is 16.0. The predicted molar refractivity (Wildman–Crippen MR) is 85.0 cm³/mol. The van der Waals surface area contributed by atoms with E-state index in [1.54, 1.807) is 6.07 Å². The zero-order valence-electron chi connectivity index (χ0n) is 12.6. The van der Waals surface area contributed by atoms with Crippen LogP contribution >= 0.6 is 11.6 Å². The van der Waals surface area contributed by atoms with Gasteiger partial charge >= 0.3 is 0 Å². The number of amides is 1.